The summed E-state index contributed by atoms with van der Waals surface area (Å²) < 4.78 is 0. The zero-order valence-corrected chi connectivity index (χ0v) is 10.3. The van der Waals surface area contributed by atoms with E-state index in [1.54, 1.807) is 6.20 Å². The van der Waals surface area contributed by atoms with Crippen LogP contribution in [0.25, 0.3) is 10.9 Å². The second kappa shape index (κ2) is 4.06. The van der Waals surface area contributed by atoms with Crippen LogP contribution in [0.5, 0.6) is 0 Å². The van der Waals surface area contributed by atoms with Crippen molar-refractivity contribution in [3.05, 3.63) is 36.0 Å². The van der Waals surface area contributed by atoms with E-state index in [2.05, 4.69) is 37.1 Å². The van der Waals surface area contributed by atoms with Gasteiger partial charge >= 0.3 is 0 Å². The number of nitrogens with zero attached hydrogens (tertiary/aromatic N) is 2. The number of nitriles is 1. The van der Waals surface area contributed by atoms with Gasteiger partial charge in [0.05, 0.1) is 16.8 Å². The summed E-state index contributed by atoms with van der Waals surface area (Å²) in [6.07, 6.45) is 1.62. The lowest BCUT2D eigenvalue weighted by atomic mass is 10.0. The van der Waals surface area contributed by atoms with Gasteiger partial charge in [0, 0.05) is 17.1 Å². The van der Waals surface area contributed by atoms with E-state index < -0.39 is 0 Å². The molecule has 0 bridgehead atoms. The van der Waals surface area contributed by atoms with E-state index in [-0.39, 0.29) is 5.54 Å². The summed E-state index contributed by atoms with van der Waals surface area (Å²) in [6, 6.07) is 10.0. The number of hydrogen-bond donors (Lipinski definition) is 1. The van der Waals surface area contributed by atoms with Crippen molar-refractivity contribution < 1.29 is 0 Å². The summed E-state index contributed by atoms with van der Waals surface area (Å²) in [7, 11) is 0. The molecular formula is C14H15N3. The highest BCUT2D eigenvalue weighted by Crippen LogP contribution is 2.27. The van der Waals surface area contributed by atoms with Gasteiger partial charge in [0.25, 0.3) is 0 Å². The molecule has 0 unspecified atom stereocenters. The van der Waals surface area contributed by atoms with Crippen LogP contribution >= 0.6 is 0 Å². The number of hydrogen-bond acceptors (Lipinski definition) is 3. The Kier molecular flexibility index (Phi) is 2.72. The molecule has 1 aromatic heterocycles. The molecule has 17 heavy (non-hydrogen) atoms. The molecule has 0 radical (unpaired) electrons. The second-order valence-electron chi connectivity index (χ2n) is 5.05. The SMILES string of the molecule is CC(C)(C)Nc1c(C#N)cnc2ccccc12. The number of pyridine rings is 1. The minimum Gasteiger partial charge on any atom is -0.379 e. The van der Waals surface area contributed by atoms with Gasteiger partial charge in [-0.15, -0.1) is 0 Å². The van der Waals surface area contributed by atoms with Gasteiger partial charge in [-0.1, -0.05) is 18.2 Å². The molecule has 1 N–H and O–H groups in total. The molecule has 1 aromatic carbocycles. The third-order valence-corrected chi connectivity index (χ3v) is 2.40. The topological polar surface area (TPSA) is 48.7 Å². The molecular weight excluding hydrogens is 210 g/mol. The summed E-state index contributed by atoms with van der Waals surface area (Å²) in [5, 5.41) is 13.5. The van der Waals surface area contributed by atoms with Crippen molar-refractivity contribution in [2.24, 2.45) is 0 Å². The predicted octanol–water partition coefficient (Wildman–Crippen LogP) is 3.32. The average Bonchev–Trinajstić information content (AvgIpc) is 2.28. The molecule has 0 aliphatic carbocycles. The molecule has 0 atom stereocenters. The first-order valence-electron chi connectivity index (χ1n) is 5.57. The fourth-order valence-electron chi connectivity index (χ4n) is 1.74. The maximum Gasteiger partial charge on any atom is 0.103 e. The lowest BCUT2D eigenvalue weighted by molar-refractivity contribution is 0.634. The van der Waals surface area contributed by atoms with Crippen LogP contribution in [0.4, 0.5) is 5.69 Å². The monoisotopic (exact) mass is 225 g/mol. The van der Waals surface area contributed by atoms with Crippen molar-refractivity contribution in [2.75, 3.05) is 5.32 Å². The van der Waals surface area contributed by atoms with Crippen LogP contribution in [0.2, 0.25) is 0 Å². The van der Waals surface area contributed by atoms with Crippen LogP contribution in [0, 0.1) is 11.3 Å². The summed E-state index contributed by atoms with van der Waals surface area (Å²) in [5.74, 6) is 0. The van der Waals surface area contributed by atoms with Crippen LogP contribution < -0.4 is 5.32 Å². The van der Waals surface area contributed by atoms with Crippen LogP contribution in [0.15, 0.2) is 30.5 Å². The van der Waals surface area contributed by atoms with Crippen molar-refractivity contribution >= 4 is 16.6 Å². The number of anilines is 1. The lowest BCUT2D eigenvalue weighted by Crippen LogP contribution is -2.26. The molecule has 0 amide bonds. The second-order valence-corrected chi connectivity index (χ2v) is 5.05. The molecule has 0 aliphatic heterocycles. The zero-order valence-electron chi connectivity index (χ0n) is 10.3. The number of benzene rings is 1. The molecule has 86 valence electrons. The van der Waals surface area contributed by atoms with Crippen molar-refractivity contribution in [3.63, 3.8) is 0 Å². The van der Waals surface area contributed by atoms with Gasteiger partial charge < -0.3 is 5.32 Å². The Balaban J connectivity index is 2.68. The number of nitrogens with one attached hydrogen (secondary N) is 1. The molecule has 2 aromatic rings. The summed E-state index contributed by atoms with van der Waals surface area (Å²) in [5.41, 5.74) is 2.26. The van der Waals surface area contributed by atoms with Crippen molar-refractivity contribution in [1.82, 2.24) is 4.98 Å². The fourth-order valence-corrected chi connectivity index (χ4v) is 1.74. The average molecular weight is 225 g/mol. The maximum atomic E-state index is 9.14. The Bertz CT molecular complexity index is 588. The molecule has 0 saturated heterocycles. The van der Waals surface area contributed by atoms with Crippen molar-refractivity contribution in [2.45, 2.75) is 26.3 Å². The third kappa shape index (κ3) is 2.36. The van der Waals surface area contributed by atoms with Crippen LogP contribution in [0.1, 0.15) is 26.3 Å². The number of rotatable bonds is 1. The zero-order chi connectivity index (χ0) is 12.5. The quantitative estimate of drug-likeness (QED) is 0.810. The maximum absolute atomic E-state index is 9.14. The standard InChI is InChI=1S/C14H15N3/c1-14(2,3)17-13-10(8-15)9-16-12-7-5-4-6-11(12)13/h4-7,9H,1-3H3,(H,16,17). The van der Waals surface area contributed by atoms with E-state index in [0.29, 0.717) is 5.56 Å². The smallest absolute Gasteiger partial charge is 0.103 e. The van der Waals surface area contributed by atoms with Gasteiger partial charge in [-0.2, -0.15) is 5.26 Å². The predicted molar refractivity (Wildman–Crippen MR) is 69.8 cm³/mol. The van der Waals surface area contributed by atoms with Crippen LogP contribution in [-0.4, -0.2) is 10.5 Å². The van der Waals surface area contributed by atoms with E-state index in [1.165, 1.54) is 0 Å². The molecule has 3 heteroatoms. The first-order chi connectivity index (χ1) is 8.01. The van der Waals surface area contributed by atoms with E-state index >= 15 is 0 Å². The van der Waals surface area contributed by atoms with Gasteiger partial charge in [-0.25, -0.2) is 0 Å². The summed E-state index contributed by atoms with van der Waals surface area (Å²) in [6.45, 7) is 6.22. The lowest BCUT2D eigenvalue weighted by Gasteiger charge is -2.23. The molecule has 0 saturated carbocycles. The molecule has 2 rings (SSSR count). The van der Waals surface area contributed by atoms with Crippen molar-refractivity contribution in [3.8, 4) is 6.07 Å². The minimum absolute atomic E-state index is 0.0876. The molecule has 1 heterocycles. The first kappa shape index (κ1) is 11.4. The Morgan fingerprint density at radius 1 is 1.24 bits per heavy atom. The largest absolute Gasteiger partial charge is 0.379 e. The number of fused-ring (bicyclic) bond motifs is 1. The van der Waals surface area contributed by atoms with Gasteiger partial charge in [0.15, 0.2) is 0 Å². The Labute approximate surface area is 101 Å². The van der Waals surface area contributed by atoms with Crippen LogP contribution in [0.3, 0.4) is 0 Å². The number of aromatic nitrogens is 1. The molecule has 0 spiro atoms. The van der Waals surface area contributed by atoms with Gasteiger partial charge in [0.1, 0.15) is 6.07 Å². The summed E-state index contributed by atoms with van der Waals surface area (Å²) >= 11 is 0. The van der Waals surface area contributed by atoms with Gasteiger partial charge in [0.2, 0.25) is 0 Å². The molecule has 0 fully saturated rings. The van der Waals surface area contributed by atoms with Gasteiger partial charge in [-0.05, 0) is 26.8 Å². The number of para-hydroxylation sites is 1. The van der Waals surface area contributed by atoms with Gasteiger partial charge in [-0.3, -0.25) is 4.98 Å². The Hall–Kier alpha value is -2.08. The Morgan fingerprint density at radius 3 is 2.59 bits per heavy atom. The highest BCUT2D eigenvalue weighted by Gasteiger charge is 2.15. The minimum atomic E-state index is -0.0876. The van der Waals surface area contributed by atoms with E-state index in [0.717, 1.165) is 16.6 Å². The van der Waals surface area contributed by atoms with E-state index in [1.807, 2.05) is 24.3 Å². The Morgan fingerprint density at radius 2 is 1.94 bits per heavy atom. The van der Waals surface area contributed by atoms with E-state index in [4.69, 9.17) is 5.26 Å². The van der Waals surface area contributed by atoms with E-state index in [9.17, 15) is 0 Å². The highest BCUT2D eigenvalue weighted by molar-refractivity contribution is 5.94. The third-order valence-electron chi connectivity index (χ3n) is 2.40. The normalized spacial score (nSPS) is 11.2. The fraction of sp³-hybridized carbons (Fsp3) is 0.286. The molecule has 3 nitrogen and oxygen atoms in total. The highest BCUT2D eigenvalue weighted by atomic mass is 15.0. The van der Waals surface area contributed by atoms with Crippen LogP contribution in [-0.2, 0) is 0 Å². The molecule has 0 aliphatic rings. The first-order valence-corrected chi connectivity index (χ1v) is 5.57. The summed E-state index contributed by atoms with van der Waals surface area (Å²) in [4.78, 5) is 4.28. The van der Waals surface area contributed by atoms with Crippen molar-refractivity contribution in [1.29, 1.82) is 5.26 Å².